The van der Waals surface area contributed by atoms with Crippen LogP contribution in [0.15, 0.2) is 24.5 Å². The van der Waals surface area contributed by atoms with Crippen molar-refractivity contribution in [1.29, 1.82) is 0 Å². The van der Waals surface area contributed by atoms with Crippen LogP contribution in [-0.4, -0.2) is 51.0 Å². The number of nitrogens with zero attached hydrogens (tertiary/aromatic N) is 7. The van der Waals surface area contributed by atoms with Gasteiger partial charge in [0.15, 0.2) is 5.82 Å². The van der Waals surface area contributed by atoms with Crippen molar-refractivity contribution in [2.75, 3.05) is 29.9 Å². The minimum absolute atomic E-state index is 0.439. The molecule has 4 rings (SSSR count). The van der Waals surface area contributed by atoms with Crippen LogP contribution in [0.25, 0.3) is 4.96 Å². The third-order valence-electron chi connectivity index (χ3n) is 4.19. The molecule has 23 heavy (non-hydrogen) atoms. The minimum Gasteiger partial charge on any atom is -0.350 e. The summed E-state index contributed by atoms with van der Waals surface area (Å²) in [5.74, 6) is 0.966. The first-order valence-electron chi connectivity index (χ1n) is 7.79. The molecule has 7 nitrogen and oxygen atoms in total. The molecule has 0 bridgehead atoms. The monoisotopic (exact) mass is 329 g/mol. The summed E-state index contributed by atoms with van der Waals surface area (Å²) in [4.78, 5) is 9.99. The summed E-state index contributed by atoms with van der Waals surface area (Å²) in [5, 5.41) is 13.9. The van der Waals surface area contributed by atoms with Gasteiger partial charge in [0.05, 0.1) is 11.9 Å². The van der Waals surface area contributed by atoms with Gasteiger partial charge in [0.2, 0.25) is 10.1 Å². The molecule has 1 saturated heterocycles. The van der Waals surface area contributed by atoms with Crippen molar-refractivity contribution in [2.45, 2.75) is 25.8 Å². The van der Waals surface area contributed by atoms with Crippen molar-refractivity contribution in [3.05, 3.63) is 30.2 Å². The lowest BCUT2D eigenvalue weighted by Gasteiger charge is -2.28. The molecule has 1 fully saturated rings. The minimum atomic E-state index is 0.439. The Balaban J connectivity index is 1.50. The Kier molecular flexibility index (Phi) is 3.60. The summed E-state index contributed by atoms with van der Waals surface area (Å²) >= 11 is 1.63. The van der Waals surface area contributed by atoms with E-state index in [9.17, 15) is 0 Å². The molecule has 0 aromatic carbocycles. The number of likely N-dealkylation sites (N-methyl/N-ethyl adjacent to an activating group) is 1. The number of aryl methyl sites for hydroxylation is 1. The molecule has 0 unspecified atom stereocenters. The Bertz CT molecular complexity index is 765. The number of aromatic nitrogens is 5. The second-order valence-electron chi connectivity index (χ2n) is 5.95. The van der Waals surface area contributed by atoms with E-state index >= 15 is 0 Å². The zero-order valence-corrected chi connectivity index (χ0v) is 14.1. The van der Waals surface area contributed by atoms with Crippen LogP contribution >= 0.6 is 11.3 Å². The molecule has 120 valence electrons. The Hall–Kier alpha value is -2.22. The van der Waals surface area contributed by atoms with Crippen LogP contribution in [0.2, 0.25) is 0 Å². The molecule has 0 spiro atoms. The predicted octanol–water partition coefficient (Wildman–Crippen LogP) is 1.99. The highest BCUT2D eigenvalue weighted by atomic mass is 32.1. The van der Waals surface area contributed by atoms with E-state index in [2.05, 4.69) is 37.1 Å². The van der Waals surface area contributed by atoms with Crippen LogP contribution in [0.1, 0.15) is 18.5 Å². The average Bonchev–Trinajstić information content (AvgIpc) is 3.22. The van der Waals surface area contributed by atoms with Gasteiger partial charge in [-0.15, -0.1) is 10.2 Å². The first-order chi connectivity index (χ1) is 11.2. The van der Waals surface area contributed by atoms with Crippen molar-refractivity contribution >= 4 is 27.2 Å². The molecule has 0 N–H and O–H groups in total. The lowest BCUT2D eigenvalue weighted by Crippen LogP contribution is -2.39. The standard InChI is InChI=1S/C15H19N7S/c1-11-9-22-14(17-11)23-15(19-22)20(2)10-12-5-4-8-21(12)13-6-3-7-16-18-13/h3,6-7,9,12H,4-5,8,10H2,1-2H3/t12-/m1/s1. The zero-order chi connectivity index (χ0) is 15.8. The molecule has 3 aromatic heterocycles. The molecule has 1 aliphatic rings. The van der Waals surface area contributed by atoms with Crippen LogP contribution < -0.4 is 9.80 Å². The number of hydrogen-bond acceptors (Lipinski definition) is 7. The first kappa shape index (κ1) is 14.4. The van der Waals surface area contributed by atoms with Gasteiger partial charge in [0.1, 0.15) is 0 Å². The highest BCUT2D eigenvalue weighted by Crippen LogP contribution is 2.27. The van der Waals surface area contributed by atoms with E-state index in [0.29, 0.717) is 6.04 Å². The van der Waals surface area contributed by atoms with Crippen molar-refractivity contribution in [3.63, 3.8) is 0 Å². The topological polar surface area (TPSA) is 62.5 Å². The summed E-state index contributed by atoms with van der Waals surface area (Å²) in [5.41, 5.74) is 1.00. The fraction of sp³-hybridized carbons (Fsp3) is 0.467. The second-order valence-corrected chi connectivity index (χ2v) is 6.88. The van der Waals surface area contributed by atoms with Crippen LogP contribution in [0, 0.1) is 6.92 Å². The van der Waals surface area contributed by atoms with Crippen LogP contribution in [0.3, 0.4) is 0 Å². The molecule has 3 aromatic rings. The van der Waals surface area contributed by atoms with E-state index in [1.54, 1.807) is 17.5 Å². The third-order valence-corrected chi connectivity index (χ3v) is 5.23. The van der Waals surface area contributed by atoms with Gasteiger partial charge in [-0.2, -0.15) is 5.10 Å². The van der Waals surface area contributed by atoms with Crippen molar-refractivity contribution < 1.29 is 0 Å². The summed E-state index contributed by atoms with van der Waals surface area (Å²) in [7, 11) is 2.10. The normalized spacial score (nSPS) is 18.0. The Morgan fingerprint density at radius 1 is 1.43 bits per heavy atom. The molecule has 1 aliphatic heterocycles. The maximum atomic E-state index is 4.63. The molecule has 0 aliphatic carbocycles. The van der Waals surface area contributed by atoms with Gasteiger partial charge in [0.25, 0.3) is 0 Å². The molecule has 8 heteroatoms. The van der Waals surface area contributed by atoms with Gasteiger partial charge >= 0.3 is 0 Å². The van der Waals surface area contributed by atoms with E-state index in [-0.39, 0.29) is 0 Å². The number of rotatable bonds is 4. The number of hydrogen-bond donors (Lipinski definition) is 0. The van der Waals surface area contributed by atoms with Gasteiger partial charge in [0, 0.05) is 32.4 Å². The van der Waals surface area contributed by atoms with E-state index in [0.717, 1.165) is 34.7 Å². The summed E-state index contributed by atoms with van der Waals surface area (Å²) in [6.07, 6.45) is 6.04. The van der Waals surface area contributed by atoms with Gasteiger partial charge in [-0.25, -0.2) is 9.50 Å². The highest BCUT2D eigenvalue weighted by molar-refractivity contribution is 7.20. The largest absolute Gasteiger partial charge is 0.350 e. The number of imidazole rings is 1. The lowest BCUT2D eigenvalue weighted by molar-refractivity contribution is 0.644. The Morgan fingerprint density at radius 3 is 3.13 bits per heavy atom. The lowest BCUT2D eigenvalue weighted by atomic mass is 10.2. The van der Waals surface area contributed by atoms with Crippen LogP contribution in [-0.2, 0) is 0 Å². The van der Waals surface area contributed by atoms with E-state index in [1.807, 2.05) is 29.8 Å². The number of anilines is 2. The van der Waals surface area contributed by atoms with Gasteiger partial charge in [-0.1, -0.05) is 11.3 Å². The fourth-order valence-electron chi connectivity index (χ4n) is 3.12. The summed E-state index contributed by atoms with van der Waals surface area (Å²) in [6, 6.07) is 4.42. The van der Waals surface area contributed by atoms with Crippen molar-refractivity contribution in [2.24, 2.45) is 0 Å². The molecule has 0 radical (unpaired) electrons. The van der Waals surface area contributed by atoms with Gasteiger partial charge in [-0.3, -0.25) is 0 Å². The average molecular weight is 329 g/mol. The maximum Gasteiger partial charge on any atom is 0.214 e. The van der Waals surface area contributed by atoms with Gasteiger partial charge in [-0.05, 0) is 31.9 Å². The highest BCUT2D eigenvalue weighted by Gasteiger charge is 2.27. The van der Waals surface area contributed by atoms with Crippen molar-refractivity contribution in [1.82, 2.24) is 24.8 Å². The molecule has 0 saturated carbocycles. The molecular weight excluding hydrogens is 310 g/mol. The maximum absolute atomic E-state index is 4.63. The van der Waals surface area contributed by atoms with Crippen LogP contribution in [0.5, 0.6) is 0 Å². The van der Waals surface area contributed by atoms with E-state index in [4.69, 9.17) is 0 Å². The van der Waals surface area contributed by atoms with E-state index < -0.39 is 0 Å². The zero-order valence-electron chi connectivity index (χ0n) is 13.3. The third kappa shape index (κ3) is 2.74. The van der Waals surface area contributed by atoms with Crippen molar-refractivity contribution in [3.8, 4) is 0 Å². The first-order valence-corrected chi connectivity index (χ1v) is 8.60. The second kappa shape index (κ2) is 5.77. The molecule has 0 amide bonds. The quantitative estimate of drug-likeness (QED) is 0.729. The Morgan fingerprint density at radius 2 is 2.35 bits per heavy atom. The Labute approximate surface area is 138 Å². The number of fused-ring (bicyclic) bond motifs is 1. The summed E-state index contributed by atoms with van der Waals surface area (Å²) in [6.45, 7) is 3.95. The molecule has 1 atom stereocenters. The molecular formula is C15H19N7S. The van der Waals surface area contributed by atoms with Crippen LogP contribution in [0.4, 0.5) is 10.9 Å². The predicted molar refractivity (Wildman–Crippen MR) is 91.3 cm³/mol. The van der Waals surface area contributed by atoms with Gasteiger partial charge < -0.3 is 9.80 Å². The molecule has 4 heterocycles. The smallest absolute Gasteiger partial charge is 0.214 e. The van der Waals surface area contributed by atoms with E-state index in [1.165, 1.54) is 12.8 Å². The summed E-state index contributed by atoms with van der Waals surface area (Å²) < 4.78 is 1.86. The fourth-order valence-corrected chi connectivity index (χ4v) is 4.02. The SMILES string of the molecule is Cc1cn2nc(N(C)C[C@H]3CCCN3c3cccnn3)sc2n1.